The number of hydrogen-bond acceptors (Lipinski definition) is 6. The van der Waals surface area contributed by atoms with Gasteiger partial charge >= 0.3 is 0 Å². The van der Waals surface area contributed by atoms with Gasteiger partial charge in [0.2, 0.25) is 0 Å². The van der Waals surface area contributed by atoms with Crippen molar-refractivity contribution in [2.45, 2.75) is 31.8 Å². The first kappa shape index (κ1) is 19.3. The van der Waals surface area contributed by atoms with E-state index in [1.165, 1.54) is 5.56 Å². The lowest BCUT2D eigenvalue weighted by atomic mass is 9.98. The number of anilines is 1. The highest BCUT2D eigenvalue weighted by Crippen LogP contribution is 2.32. The Morgan fingerprint density at radius 2 is 2.00 bits per heavy atom. The Hall–Kier alpha value is -3.06. The standard InChI is InChI=1S/C22H26N6O/c1-27(2)22-17(6-5-10-24-22)15-28-13-4-3-7-19(28)18-14-20(29)26-21(25-18)16-8-11-23-12-9-16/h5-6,8-12,14,19H,3-4,7,13,15H2,1-2H3,(H,25,26,29). The van der Waals surface area contributed by atoms with Crippen LogP contribution in [0.1, 0.15) is 36.6 Å². The molecule has 3 aromatic rings. The third-order valence-electron chi connectivity index (χ3n) is 5.33. The topological polar surface area (TPSA) is 78.0 Å². The number of likely N-dealkylation sites (tertiary alicyclic amines) is 1. The number of pyridine rings is 2. The molecule has 7 heteroatoms. The van der Waals surface area contributed by atoms with Crippen molar-refractivity contribution in [3.05, 3.63) is 70.5 Å². The number of aromatic nitrogens is 4. The normalized spacial score (nSPS) is 17.2. The Morgan fingerprint density at radius 1 is 1.17 bits per heavy atom. The van der Waals surface area contributed by atoms with Crippen molar-refractivity contribution in [3.8, 4) is 11.4 Å². The number of nitrogens with zero attached hydrogens (tertiary/aromatic N) is 5. The van der Waals surface area contributed by atoms with Crippen molar-refractivity contribution in [1.82, 2.24) is 24.8 Å². The van der Waals surface area contributed by atoms with Gasteiger partial charge in [-0.25, -0.2) is 9.97 Å². The molecule has 0 spiro atoms. The second-order valence-electron chi connectivity index (χ2n) is 7.62. The molecule has 1 aliphatic rings. The molecule has 1 saturated heterocycles. The van der Waals surface area contributed by atoms with Gasteiger partial charge in [-0.05, 0) is 37.6 Å². The summed E-state index contributed by atoms with van der Waals surface area (Å²) in [7, 11) is 4.03. The SMILES string of the molecule is CN(C)c1ncccc1CN1CCCCC1c1cc(=O)[nH]c(-c2ccncc2)n1. The molecule has 4 rings (SSSR count). The van der Waals surface area contributed by atoms with E-state index in [0.29, 0.717) is 5.82 Å². The van der Waals surface area contributed by atoms with Gasteiger partial charge in [-0.3, -0.25) is 14.7 Å². The quantitative estimate of drug-likeness (QED) is 0.722. The van der Waals surface area contributed by atoms with Gasteiger partial charge in [0.25, 0.3) is 5.56 Å². The third kappa shape index (κ3) is 4.35. The molecule has 1 aliphatic heterocycles. The van der Waals surface area contributed by atoms with Crippen molar-refractivity contribution in [3.63, 3.8) is 0 Å². The Bertz CT molecular complexity index is 1020. The van der Waals surface area contributed by atoms with Crippen LogP contribution >= 0.6 is 0 Å². The van der Waals surface area contributed by atoms with E-state index < -0.39 is 0 Å². The van der Waals surface area contributed by atoms with Crippen LogP contribution in [0.2, 0.25) is 0 Å². The Labute approximate surface area is 170 Å². The van der Waals surface area contributed by atoms with Gasteiger partial charge < -0.3 is 9.88 Å². The number of aromatic amines is 1. The van der Waals surface area contributed by atoms with E-state index in [2.05, 4.69) is 25.9 Å². The van der Waals surface area contributed by atoms with E-state index >= 15 is 0 Å². The number of H-pyrrole nitrogens is 1. The van der Waals surface area contributed by atoms with E-state index in [1.54, 1.807) is 18.5 Å². The van der Waals surface area contributed by atoms with Gasteiger partial charge in [0.15, 0.2) is 0 Å². The van der Waals surface area contributed by atoms with Crippen LogP contribution in [0.25, 0.3) is 11.4 Å². The smallest absolute Gasteiger partial charge is 0.251 e. The van der Waals surface area contributed by atoms with Crippen molar-refractivity contribution in [2.24, 2.45) is 0 Å². The van der Waals surface area contributed by atoms with Gasteiger partial charge in [0.1, 0.15) is 11.6 Å². The summed E-state index contributed by atoms with van der Waals surface area (Å²) in [4.78, 5) is 33.1. The van der Waals surface area contributed by atoms with Gasteiger partial charge in [-0.15, -0.1) is 0 Å². The first-order chi connectivity index (χ1) is 14.1. The summed E-state index contributed by atoms with van der Waals surface area (Å²) in [5.41, 5.74) is 2.75. The summed E-state index contributed by atoms with van der Waals surface area (Å²) >= 11 is 0. The van der Waals surface area contributed by atoms with Gasteiger partial charge in [0, 0.05) is 56.4 Å². The highest BCUT2D eigenvalue weighted by molar-refractivity contribution is 5.53. The number of rotatable bonds is 5. The molecule has 0 aromatic carbocycles. The molecule has 0 bridgehead atoms. The Balaban J connectivity index is 1.67. The van der Waals surface area contributed by atoms with Crippen LogP contribution in [-0.2, 0) is 6.54 Å². The molecule has 4 heterocycles. The largest absolute Gasteiger partial charge is 0.362 e. The highest BCUT2D eigenvalue weighted by Gasteiger charge is 2.27. The fraction of sp³-hybridized carbons (Fsp3) is 0.364. The first-order valence-corrected chi connectivity index (χ1v) is 9.99. The Morgan fingerprint density at radius 3 is 2.79 bits per heavy atom. The summed E-state index contributed by atoms with van der Waals surface area (Å²) in [5.74, 6) is 1.57. The maximum Gasteiger partial charge on any atom is 0.251 e. The van der Waals surface area contributed by atoms with Crippen LogP contribution < -0.4 is 10.5 Å². The molecule has 0 aliphatic carbocycles. The minimum atomic E-state index is -0.123. The third-order valence-corrected chi connectivity index (χ3v) is 5.33. The van der Waals surface area contributed by atoms with E-state index in [4.69, 9.17) is 4.98 Å². The molecule has 7 nitrogen and oxygen atoms in total. The number of hydrogen-bond donors (Lipinski definition) is 1. The lowest BCUT2D eigenvalue weighted by molar-refractivity contribution is 0.137. The molecule has 1 fully saturated rings. The highest BCUT2D eigenvalue weighted by atomic mass is 16.1. The molecule has 0 amide bonds. The molecule has 3 aromatic heterocycles. The summed E-state index contributed by atoms with van der Waals surface area (Å²) < 4.78 is 0. The zero-order chi connectivity index (χ0) is 20.2. The van der Waals surface area contributed by atoms with E-state index in [-0.39, 0.29) is 11.6 Å². The summed E-state index contributed by atoms with van der Waals surface area (Å²) in [5, 5.41) is 0. The van der Waals surface area contributed by atoms with Crippen molar-refractivity contribution < 1.29 is 0 Å². The number of piperidine rings is 1. The van der Waals surface area contributed by atoms with Crippen LogP contribution in [0.5, 0.6) is 0 Å². The van der Waals surface area contributed by atoms with Crippen LogP contribution in [0.4, 0.5) is 5.82 Å². The monoisotopic (exact) mass is 390 g/mol. The van der Waals surface area contributed by atoms with Gasteiger partial charge in [-0.2, -0.15) is 0 Å². The summed E-state index contributed by atoms with van der Waals surface area (Å²) in [6.45, 7) is 1.76. The zero-order valence-corrected chi connectivity index (χ0v) is 16.9. The van der Waals surface area contributed by atoms with E-state index in [1.807, 2.05) is 43.4 Å². The van der Waals surface area contributed by atoms with Crippen molar-refractivity contribution >= 4 is 5.82 Å². The number of nitrogens with one attached hydrogen (secondary N) is 1. The summed E-state index contributed by atoms with van der Waals surface area (Å²) in [6.07, 6.45) is 8.51. The van der Waals surface area contributed by atoms with Gasteiger partial charge in [-0.1, -0.05) is 12.5 Å². The average Bonchev–Trinajstić information content (AvgIpc) is 2.74. The van der Waals surface area contributed by atoms with Crippen molar-refractivity contribution in [1.29, 1.82) is 0 Å². The maximum atomic E-state index is 12.4. The van der Waals surface area contributed by atoms with Crippen LogP contribution in [0.3, 0.4) is 0 Å². The van der Waals surface area contributed by atoms with Gasteiger partial charge in [0.05, 0.1) is 11.7 Å². The lowest BCUT2D eigenvalue weighted by Gasteiger charge is -2.36. The first-order valence-electron chi connectivity index (χ1n) is 9.99. The molecular weight excluding hydrogens is 364 g/mol. The molecular formula is C22H26N6O. The van der Waals surface area contributed by atoms with E-state index in [9.17, 15) is 4.79 Å². The second kappa shape index (κ2) is 8.53. The lowest BCUT2D eigenvalue weighted by Crippen LogP contribution is -2.34. The minimum absolute atomic E-state index is 0.113. The zero-order valence-electron chi connectivity index (χ0n) is 16.9. The molecule has 1 atom stereocenters. The minimum Gasteiger partial charge on any atom is -0.362 e. The molecule has 150 valence electrons. The fourth-order valence-electron chi connectivity index (χ4n) is 3.98. The molecule has 29 heavy (non-hydrogen) atoms. The molecule has 1 unspecified atom stereocenters. The molecule has 1 N–H and O–H groups in total. The second-order valence-corrected chi connectivity index (χ2v) is 7.62. The molecule has 0 radical (unpaired) electrons. The van der Waals surface area contributed by atoms with E-state index in [0.717, 1.165) is 49.4 Å². The van der Waals surface area contributed by atoms with Crippen molar-refractivity contribution in [2.75, 3.05) is 25.5 Å². The molecule has 0 saturated carbocycles. The maximum absolute atomic E-state index is 12.4. The van der Waals surface area contributed by atoms with Crippen LogP contribution in [0, 0.1) is 0 Å². The predicted molar refractivity (Wildman–Crippen MR) is 114 cm³/mol. The fourth-order valence-corrected chi connectivity index (χ4v) is 3.98. The summed E-state index contributed by atoms with van der Waals surface area (Å²) in [6, 6.07) is 9.58. The van der Waals surface area contributed by atoms with Crippen LogP contribution in [0.15, 0.2) is 53.7 Å². The van der Waals surface area contributed by atoms with Crippen LogP contribution in [-0.4, -0.2) is 45.5 Å². The predicted octanol–water partition coefficient (Wildman–Crippen LogP) is 3.02. The Kier molecular flexibility index (Phi) is 5.67. The average molecular weight is 390 g/mol.